The highest BCUT2D eigenvalue weighted by Gasteiger charge is 2.27. The standard InChI is InChI=1S/C23H29N3O3/c1-17(20-12-6-7-13-21(20)29-2)24-22(27)16-26-14-8-9-18(15-26)23(28)25-19-10-4-3-5-11-19/h3-7,10-13,17-18H,8-9,14-16H2,1-2H3,(H,24,27)(H,25,28)/t17-,18+/m1/s1. The lowest BCUT2D eigenvalue weighted by atomic mass is 9.97. The van der Waals surface area contributed by atoms with Crippen LogP contribution in [-0.4, -0.2) is 43.5 Å². The molecule has 3 rings (SSSR count). The van der Waals surface area contributed by atoms with Gasteiger partial charge in [0.2, 0.25) is 11.8 Å². The lowest BCUT2D eigenvalue weighted by molar-refractivity contribution is -0.126. The van der Waals surface area contributed by atoms with E-state index in [1.807, 2.05) is 61.5 Å². The van der Waals surface area contributed by atoms with E-state index in [-0.39, 0.29) is 30.3 Å². The first-order valence-electron chi connectivity index (χ1n) is 10.1. The number of piperidine rings is 1. The Morgan fingerprint density at radius 3 is 2.62 bits per heavy atom. The van der Waals surface area contributed by atoms with E-state index < -0.39 is 0 Å². The molecular weight excluding hydrogens is 366 g/mol. The Hall–Kier alpha value is -2.86. The fraction of sp³-hybridized carbons (Fsp3) is 0.391. The summed E-state index contributed by atoms with van der Waals surface area (Å²) in [6, 6.07) is 17.0. The van der Waals surface area contributed by atoms with Gasteiger partial charge in [0, 0.05) is 17.8 Å². The summed E-state index contributed by atoms with van der Waals surface area (Å²) in [5, 5.41) is 6.01. The highest BCUT2D eigenvalue weighted by Crippen LogP contribution is 2.24. The van der Waals surface area contributed by atoms with Gasteiger partial charge in [0.15, 0.2) is 0 Å². The Morgan fingerprint density at radius 2 is 1.86 bits per heavy atom. The average molecular weight is 396 g/mol. The van der Waals surface area contributed by atoms with Gasteiger partial charge in [-0.15, -0.1) is 0 Å². The minimum absolute atomic E-state index is 0.0173. The van der Waals surface area contributed by atoms with Gasteiger partial charge in [-0.1, -0.05) is 36.4 Å². The first-order valence-corrected chi connectivity index (χ1v) is 10.1. The SMILES string of the molecule is COc1ccccc1[C@@H](C)NC(=O)CN1CCC[C@H](C(=O)Nc2ccccc2)C1. The van der Waals surface area contributed by atoms with Crippen LogP contribution in [0.25, 0.3) is 0 Å². The monoisotopic (exact) mass is 395 g/mol. The number of para-hydroxylation sites is 2. The Labute approximate surface area is 172 Å². The van der Waals surface area contributed by atoms with Gasteiger partial charge in [0.25, 0.3) is 0 Å². The molecule has 2 aromatic carbocycles. The third-order valence-electron chi connectivity index (χ3n) is 5.27. The second kappa shape index (κ2) is 10.1. The molecule has 29 heavy (non-hydrogen) atoms. The lowest BCUT2D eigenvalue weighted by Gasteiger charge is -2.31. The summed E-state index contributed by atoms with van der Waals surface area (Å²) in [7, 11) is 1.63. The van der Waals surface area contributed by atoms with Crippen LogP contribution >= 0.6 is 0 Å². The largest absolute Gasteiger partial charge is 0.496 e. The maximum absolute atomic E-state index is 12.6. The number of likely N-dealkylation sites (tertiary alicyclic amines) is 1. The summed E-state index contributed by atoms with van der Waals surface area (Å²) in [5.74, 6) is 0.621. The average Bonchev–Trinajstić information content (AvgIpc) is 2.74. The number of nitrogens with one attached hydrogen (secondary N) is 2. The molecule has 0 aromatic heterocycles. The summed E-state index contributed by atoms with van der Waals surface area (Å²) in [4.78, 5) is 27.2. The number of ether oxygens (including phenoxy) is 1. The molecule has 2 atom stereocenters. The number of carbonyl (C=O) groups excluding carboxylic acids is 2. The molecule has 2 N–H and O–H groups in total. The van der Waals surface area contributed by atoms with Crippen LogP contribution in [0.15, 0.2) is 54.6 Å². The molecule has 2 amide bonds. The number of amides is 2. The minimum atomic E-state index is -0.152. The van der Waals surface area contributed by atoms with Crippen molar-refractivity contribution in [3.8, 4) is 5.75 Å². The predicted molar refractivity (Wildman–Crippen MR) is 114 cm³/mol. The van der Waals surface area contributed by atoms with E-state index in [0.29, 0.717) is 6.54 Å². The normalized spacial score (nSPS) is 17.9. The molecule has 0 bridgehead atoms. The molecule has 1 fully saturated rings. The van der Waals surface area contributed by atoms with E-state index in [0.717, 1.165) is 36.4 Å². The minimum Gasteiger partial charge on any atom is -0.496 e. The third-order valence-corrected chi connectivity index (χ3v) is 5.27. The fourth-order valence-electron chi connectivity index (χ4n) is 3.77. The van der Waals surface area contributed by atoms with E-state index >= 15 is 0 Å². The van der Waals surface area contributed by atoms with Crippen LogP contribution in [0.5, 0.6) is 5.75 Å². The molecule has 1 saturated heterocycles. The van der Waals surface area contributed by atoms with E-state index in [4.69, 9.17) is 4.74 Å². The number of hydrogen-bond acceptors (Lipinski definition) is 4. The lowest BCUT2D eigenvalue weighted by Crippen LogP contribution is -2.45. The first-order chi connectivity index (χ1) is 14.1. The summed E-state index contributed by atoms with van der Waals surface area (Å²) >= 11 is 0. The molecule has 0 radical (unpaired) electrons. The number of anilines is 1. The number of hydrogen-bond donors (Lipinski definition) is 2. The van der Waals surface area contributed by atoms with Crippen molar-refractivity contribution in [3.63, 3.8) is 0 Å². The molecule has 0 unspecified atom stereocenters. The third kappa shape index (κ3) is 5.81. The van der Waals surface area contributed by atoms with Gasteiger partial charge in [-0.05, 0) is 44.5 Å². The quantitative estimate of drug-likeness (QED) is 0.755. The maximum atomic E-state index is 12.6. The molecule has 1 heterocycles. The van der Waals surface area contributed by atoms with Gasteiger partial charge >= 0.3 is 0 Å². The van der Waals surface area contributed by atoms with E-state index in [1.165, 1.54) is 0 Å². The van der Waals surface area contributed by atoms with Crippen molar-refractivity contribution in [3.05, 3.63) is 60.2 Å². The fourth-order valence-corrected chi connectivity index (χ4v) is 3.77. The van der Waals surface area contributed by atoms with Crippen LogP contribution in [0.3, 0.4) is 0 Å². The molecule has 6 nitrogen and oxygen atoms in total. The van der Waals surface area contributed by atoms with Crippen molar-refractivity contribution in [2.75, 3.05) is 32.1 Å². The van der Waals surface area contributed by atoms with Gasteiger partial charge in [0.05, 0.1) is 25.6 Å². The predicted octanol–water partition coefficient (Wildman–Crippen LogP) is 3.22. The Balaban J connectivity index is 1.52. The molecular formula is C23H29N3O3. The molecule has 1 aliphatic rings. The van der Waals surface area contributed by atoms with Crippen LogP contribution in [0, 0.1) is 5.92 Å². The smallest absolute Gasteiger partial charge is 0.234 e. The van der Waals surface area contributed by atoms with Crippen molar-refractivity contribution in [2.45, 2.75) is 25.8 Å². The topological polar surface area (TPSA) is 70.7 Å². The summed E-state index contributed by atoms with van der Waals surface area (Å²) in [6.45, 7) is 3.65. The highest BCUT2D eigenvalue weighted by molar-refractivity contribution is 5.92. The number of rotatable bonds is 7. The van der Waals surface area contributed by atoms with Gasteiger partial charge in [0.1, 0.15) is 5.75 Å². The zero-order chi connectivity index (χ0) is 20.6. The van der Waals surface area contributed by atoms with E-state index in [9.17, 15) is 9.59 Å². The molecule has 154 valence electrons. The van der Waals surface area contributed by atoms with Crippen LogP contribution < -0.4 is 15.4 Å². The molecule has 0 aliphatic carbocycles. The molecule has 6 heteroatoms. The van der Waals surface area contributed by atoms with Crippen LogP contribution in [0.1, 0.15) is 31.4 Å². The van der Waals surface area contributed by atoms with Crippen molar-refractivity contribution in [1.29, 1.82) is 0 Å². The highest BCUT2D eigenvalue weighted by atomic mass is 16.5. The van der Waals surface area contributed by atoms with Crippen molar-refractivity contribution in [2.24, 2.45) is 5.92 Å². The molecule has 0 spiro atoms. The Kier molecular flexibility index (Phi) is 7.25. The van der Waals surface area contributed by atoms with Gasteiger partial charge in [-0.25, -0.2) is 0 Å². The molecule has 2 aromatic rings. The van der Waals surface area contributed by atoms with Crippen molar-refractivity contribution >= 4 is 17.5 Å². The number of nitrogens with zero attached hydrogens (tertiary/aromatic N) is 1. The zero-order valence-corrected chi connectivity index (χ0v) is 17.1. The van der Waals surface area contributed by atoms with Crippen molar-refractivity contribution in [1.82, 2.24) is 10.2 Å². The van der Waals surface area contributed by atoms with Gasteiger partial charge < -0.3 is 15.4 Å². The van der Waals surface area contributed by atoms with Crippen LogP contribution in [0.2, 0.25) is 0 Å². The summed E-state index contributed by atoms with van der Waals surface area (Å²) in [5.41, 5.74) is 1.75. The molecule has 0 saturated carbocycles. The second-order valence-corrected chi connectivity index (χ2v) is 7.46. The second-order valence-electron chi connectivity index (χ2n) is 7.46. The Morgan fingerprint density at radius 1 is 1.14 bits per heavy atom. The number of benzene rings is 2. The summed E-state index contributed by atoms with van der Waals surface area (Å²) in [6.07, 6.45) is 1.75. The maximum Gasteiger partial charge on any atom is 0.234 e. The Bertz CT molecular complexity index is 825. The van der Waals surface area contributed by atoms with E-state index in [2.05, 4.69) is 15.5 Å². The molecule has 1 aliphatic heterocycles. The van der Waals surface area contributed by atoms with Gasteiger partial charge in [-0.3, -0.25) is 14.5 Å². The van der Waals surface area contributed by atoms with Crippen LogP contribution in [0.4, 0.5) is 5.69 Å². The zero-order valence-electron chi connectivity index (χ0n) is 17.1. The number of methoxy groups -OCH3 is 1. The van der Waals surface area contributed by atoms with Gasteiger partial charge in [-0.2, -0.15) is 0 Å². The van der Waals surface area contributed by atoms with Crippen LogP contribution in [-0.2, 0) is 9.59 Å². The van der Waals surface area contributed by atoms with Crippen molar-refractivity contribution < 1.29 is 14.3 Å². The number of carbonyl (C=O) groups is 2. The first kappa shape index (κ1) is 20.9. The summed E-state index contributed by atoms with van der Waals surface area (Å²) < 4.78 is 5.38. The van der Waals surface area contributed by atoms with E-state index in [1.54, 1.807) is 7.11 Å².